The maximum absolute atomic E-state index is 11.7. The molecule has 0 aliphatic rings. The van der Waals surface area contributed by atoms with Gasteiger partial charge in [-0.2, -0.15) is 4.73 Å². The average Bonchev–Trinajstić information content (AvgIpc) is 2.52. The summed E-state index contributed by atoms with van der Waals surface area (Å²) >= 11 is 0. The van der Waals surface area contributed by atoms with E-state index in [1.165, 1.54) is 18.3 Å². The topological polar surface area (TPSA) is 82.3 Å². The zero-order valence-electron chi connectivity index (χ0n) is 12.1. The van der Waals surface area contributed by atoms with E-state index >= 15 is 0 Å². The van der Waals surface area contributed by atoms with Gasteiger partial charge in [0.25, 0.3) is 5.91 Å². The van der Waals surface area contributed by atoms with E-state index in [0.717, 1.165) is 17.3 Å². The molecule has 6 heteroatoms. The minimum atomic E-state index is -0.712. The fourth-order valence-corrected chi connectivity index (χ4v) is 1.75. The van der Waals surface area contributed by atoms with Crippen LogP contribution in [-0.4, -0.2) is 18.5 Å². The number of aromatic nitrogens is 1. The van der Waals surface area contributed by atoms with Gasteiger partial charge in [-0.3, -0.25) is 4.79 Å². The van der Waals surface area contributed by atoms with Crippen LogP contribution in [0.2, 0.25) is 0 Å². The van der Waals surface area contributed by atoms with Crippen LogP contribution < -0.4 is 10.0 Å². The average molecular weight is 300 g/mol. The van der Waals surface area contributed by atoms with Gasteiger partial charge in [-0.25, -0.2) is 4.79 Å². The Kier molecular flexibility index (Phi) is 5.08. The SMILES string of the molecule is Cc1ccc(CNC(=O)COC(=O)c2ccc[n+]([O-])c2)cc1. The first-order chi connectivity index (χ1) is 10.5. The molecule has 1 aromatic carbocycles. The third kappa shape index (κ3) is 4.59. The molecule has 2 aromatic rings. The van der Waals surface area contributed by atoms with Crippen molar-refractivity contribution in [1.82, 2.24) is 5.32 Å². The number of rotatable bonds is 5. The molecule has 1 N–H and O–H groups in total. The van der Waals surface area contributed by atoms with Gasteiger partial charge < -0.3 is 15.3 Å². The van der Waals surface area contributed by atoms with Crippen LogP contribution in [0.4, 0.5) is 0 Å². The Bertz CT molecular complexity index is 668. The van der Waals surface area contributed by atoms with Gasteiger partial charge in [-0.15, -0.1) is 0 Å². The number of ether oxygens (including phenoxy) is 1. The molecule has 0 bridgehead atoms. The summed E-state index contributed by atoms with van der Waals surface area (Å²) in [6.45, 7) is 1.96. The van der Waals surface area contributed by atoms with Gasteiger partial charge in [0.05, 0.1) is 0 Å². The highest BCUT2D eigenvalue weighted by Gasteiger charge is 2.12. The monoisotopic (exact) mass is 300 g/mol. The summed E-state index contributed by atoms with van der Waals surface area (Å²) in [7, 11) is 0. The zero-order valence-corrected chi connectivity index (χ0v) is 12.1. The summed E-state index contributed by atoms with van der Waals surface area (Å²) in [6, 6.07) is 10.6. The number of esters is 1. The number of carbonyl (C=O) groups is 2. The van der Waals surface area contributed by atoms with Gasteiger partial charge in [0, 0.05) is 12.6 Å². The van der Waals surface area contributed by atoms with E-state index in [9.17, 15) is 14.8 Å². The summed E-state index contributed by atoms with van der Waals surface area (Å²) in [5, 5.41) is 13.7. The standard InChI is InChI=1S/C16H16N2O4/c1-12-4-6-13(7-5-12)9-17-15(19)11-22-16(20)14-3-2-8-18(21)10-14/h2-8,10H,9,11H2,1H3,(H,17,19). The number of benzene rings is 1. The predicted molar refractivity (Wildman–Crippen MR) is 78.7 cm³/mol. The molecule has 0 saturated carbocycles. The molecule has 114 valence electrons. The zero-order chi connectivity index (χ0) is 15.9. The lowest BCUT2D eigenvalue weighted by Gasteiger charge is -2.07. The van der Waals surface area contributed by atoms with Crippen molar-refractivity contribution < 1.29 is 19.1 Å². The van der Waals surface area contributed by atoms with Crippen molar-refractivity contribution in [3.63, 3.8) is 0 Å². The van der Waals surface area contributed by atoms with Crippen molar-refractivity contribution >= 4 is 11.9 Å². The molecule has 22 heavy (non-hydrogen) atoms. The second-order valence-electron chi connectivity index (χ2n) is 4.79. The van der Waals surface area contributed by atoms with Crippen molar-refractivity contribution in [3.8, 4) is 0 Å². The van der Waals surface area contributed by atoms with Gasteiger partial charge in [0.1, 0.15) is 5.56 Å². The summed E-state index contributed by atoms with van der Waals surface area (Å²) in [6.07, 6.45) is 2.34. The van der Waals surface area contributed by atoms with Gasteiger partial charge in [-0.05, 0) is 18.6 Å². The third-order valence-electron chi connectivity index (χ3n) is 2.96. The number of pyridine rings is 1. The maximum atomic E-state index is 11.7. The third-order valence-corrected chi connectivity index (χ3v) is 2.96. The van der Waals surface area contributed by atoms with Gasteiger partial charge in [-0.1, -0.05) is 29.8 Å². The molecule has 1 amide bonds. The fraction of sp³-hybridized carbons (Fsp3) is 0.188. The first-order valence-corrected chi connectivity index (χ1v) is 6.73. The Labute approximate surface area is 127 Å². The Hall–Kier alpha value is -2.89. The van der Waals surface area contributed by atoms with Crippen LogP contribution >= 0.6 is 0 Å². The maximum Gasteiger partial charge on any atom is 0.344 e. The number of hydrogen-bond donors (Lipinski definition) is 1. The Morgan fingerprint density at radius 1 is 1.23 bits per heavy atom. The summed E-state index contributed by atoms with van der Waals surface area (Å²) in [4.78, 5) is 23.3. The molecule has 0 atom stereocenters. The van der Waals surface area contributed by atoms with E-state index in [1.54, 1.807) is 0 Å². The number of aryl methyl sites for hydroxylation is 1. The molecule has 0 radical (unpaired) electrons. The van der Waals surface area contributed by atoms with Crippen molar-refractivity contribution in [2.45, 2.75) is 13.5 Å². The lowest BCUT2D eigenvalue weighted by Crippen LogP contribution is -2.29. The highest BCUT2D eigenvalue weighted by atomic mass is 16.5. The van der Waals surface area contributed by atoms with E-state index in [2.05, 4.69) is 5.32 Å². The van der Waals surface area contributed by atoms with E-state index in [4.69, 9.17) is 4.74 Å². The summed E-state index contributed by atoms with van der Waals surface area (Å²) < 4.78 is 5.34. The second kappa shape index (κ2) is 7.21. The minimum Gasteiger partial charge on any atom is -0.619 e. The van der Waals surface area contributed by atoms with Gasteiger partial charge in [0.2, 0.25) is 0 Å². The molecule has 1 heterocycles. The van der Waals surface area contributed by atoms with Crippen LogP contribution in [0.1, 0.15) is 21.5 Å². The minimum absolute atomic E-state index is 0.101. The molecule has 1 aromatic heterocycles. The second-order valence-corrected chi connectivity index (χ2v) is 4.79. The van der Waals surface area contributed by atoms with Crippen molar-refractivity contribution in [1.29, 1.82) is 0 Å². The molecular weight excluding hydrogens is 284 g/mol. The van der Waals surface area contributed by atoms with Gasteiger partial charge >= 0.3 is 5.97 Å². The highest BCUT2D eigenvalue weighted by Crippen LogP contribution is 2.02. The first kappa shape index (κ1) is 15.5. The fourth-order valence-electron chi connectivity index (χ4n) is 1.75. The van der Waals surface area contributed by atoms with E-state index in [0.29, 0.717) is 11.3 Å². The van der Waals surface area contributed by atoms with E-state index in [-0.39, 0.29) is 5.56 Å². The molecular formula is C16H16N2O4. The Morgan fingerprint density at radius 3 is 2.64 bits per heavy atom. The molecule has 2 rings (SSSR count). The highest BCUT2D eigenvalue weighted by molar-refractivity contribution is 5.90. The van der Waals surface area contributed by atoms with Crippen molar-refractivity contribution in [3.05, 3.63) is 70.7 Å². The lowest BCUT2D eigenvalue weighted by molar-refractivity contribution is -0.605. The van der Waals surface area contributed by atoms with E-state index in [1.807, 2.05) is 31.2 Å². The van der Waals surface area contributed by atoms with Crippen LogP contribution in [-0.2, 0) is 16.1 Å². The normalized spacial score (nSPS) is 10.0. The number of hydrogen-bond acceptors (Lipinski definition) is 4. The Morgan fingerprint density at radius 2 is 1.95 bits per heavy atom. The Balaban J connectivity index is 1.78. The number of nitrogens with one attached hydrogen (secondary N) is 1. The molecule has 0 aliphatic carbocycles. The van der Waals surface area contributed by atoms with Crippen LogP contribution in [0.15, 0.2) is 48.8 Å². The largest absolute Gasteiger partial charge is 0.619 e. The van der Waals surface area contributed by atoms with Crippen molar-refractivity contribution in [2.75, 3.05) is 6.61 Å². The van der Waals surface area contributed by atoms with Crippen LogP contribution in [0.25, 0.3) is 0 Å². The number of nitrogens with zero attached hydrogens (tertiary/aromatic N) is 1. The van der Waals surface area contributed by atoms with Gasteiger partial charge in [0.15, 0.2) is 19.0 Å². The molecule has 0 spiro atoms. The van der Waals surface area contributed by atoms with Crippen LogP contribution in [0.5, 0.6) is 0 Å². The molecule has 6 nitrogen and oxygen atoms in total. The van der Waals surface area contributed by atoms with Crippen molar-refractivity contribution in [2.24, 2.45) is 0 Å². The quantitative estimate of drug-likeness (QED) is 0.509. The number of amides is 1. The molecule has 0 fully saturated rings. The predicted octanol–water partition coefficient (Wildman–Crippen LogP) is 1.10. The first-order valence-electron chi connectivity index (χ1n) is 6.73. The summed E-state index contributed by atoms with van der Waals surface area (Å²) in [5.74, 6) is -1.12. The van der Waals surface area contributed by atoms with Crippen LogP contribution in [0.3, 0.4) is 0 Å². The van der Waals surface area contributed by atoms with Crippen LogP contribution in [0, 0.1) is 12.1 Å². The number of carbonyl (C=O) groups excluding carboxylic acids is 2. The smallest absolute Gasteiger partial charge is 0.344 e. The molecule has 0 unspecified atom stereocenters. The lowest BCUT2D eigenvalue weighted by atomic mass is 10.1. The summed E-state index contributed by atoms with van der Waals surface area (Å²) in [5.41, 5.74) is 2.20. The molecule has 0 aliphatic heterocycles. The molecule has 0 saturated heterocycles. The van der Waals surface area contributed by atoms with E-state index < -0.39 is 18.5 Å².